The van der Waals surface area contributed by atoms with Gasteiger partial charge in [-0.2, -0.15) is 0 Å². The lowest BCUT2D eigenvalue weighted by molar-refractivity contribution is 0.876. The monoisotopic (exact) mass is 221 g/mol. The lowest BCUT2D eigenvalue weighted by Gasteiger charge is -2.07. The fourth-order valence-corrected chi connectivity index (χ4v) is 2.51. The van der Waals surface area contributed by atoms with E-state index in [1.807, 2.05) is 19.4 Å². The van der Waals surface area contributed by atoms with E-state index in [0.717, 1.165) is 5.52 Å². The van der Waals surface area contributed by atoms with Gasteiger partial charge in [0.15, 0.2) is 0 Å². The largest absolute Gasteiger partial charge is 0.245 e. The Labute approximate surface area is 96.2 Å². The number of nitrogens with zero attached hydrogens (tertiary/aromatic N) is 1. The highest BCUT2D eigenvalue weighted by Gasteiger charge is 2.07. The van der Waals surface area contributed by atoms with Crippen LogP contribution in [0.4, 0.5) is 0 Å². The molecule has 0 aliphatic rings. The Morgan fingerprint density at radius 1 is 1.20 bits per heavy atom. The molecule has 0 fully saturated rings. The lowest BCUT2D eigenvalue weighted by Crippen LogP contribution is -1.88. The minimum absolute atomic E-state index is 0.586. The molecule has 2 heteroatoms. The van der Waals surface area contributed by atoms with Crippen LogP contribution in [0.15, 0.2) is 17.6 Å². The van der Waals surface area contributed by atoms with Gasteiger partial charge < -0.3 is 0 Å². The van der Waals surface area contributed by atoms with E-state index in [2.05, 4.69) is 37.9 Å². The topological polar surface area (TPSA) is 12.9 Å². The van der Waals surface area contributed by atoms with Crippen molar-refractivity contribution in [2.75, 3.05) is 0 Å². The minimum atomic E-state index is 0.586. The van der Waals surface area contributed by atoms with Crippen LogP contribution in [-0.2, 0) is 0 Å². The van der Waals surface area contributed by atoms with Crippen molar-refractivity contribution < 1.29 is 0 Å². The van der Waals surface area contributed by atoms with E-state index < -0.39 is 0 Å². The summed E-state index contributed by atoms with van der Waals surface area (Å²) in [6, 6.07) is 4.42. The average Bonchev–Trinajstić information content (AvgIpc) is 2.67. The number of thiazole rings is 1. The van der Waals surface area contributed by atoms with Crippen molar-refractivity contribution in [1.29, 1.82) is 0 Å². The van der Waals surface area contributed by atoms with Gasteiger partial charge in [-0.15, -0.1) is 11.3 Å². The summed E-state index contributed by atoms with van der Waals surface area (Å²) in [4.78, 5) is 4.34. The maximum absolute atomic E-state index is 4.34. The summed E-state index contributed by atoms with van der Waals surface area (Å²) >= 11 is 1.74. The van der Waals surface area contributed by atoms with Crippen molar-refractivity contribution in [2.45, 2.75) is 40.5 Å². The van der Waals surface area contributed by atoms with Gasteiger partial charge >= 0.3 is 0 Å². The van der Waals surface area contributed by atoms with Crippen molar-refractivity contribution >= 4 is 21.6 Å². The number of fused-ring (bicyclic) bond motifs is 1. The second-order valence-electron chi connectivity index (χ2n) is 3.71. The van der Waals surface area contributed by atoms with Crippen LogP contribution in [0.25, 0.3) is 10.2 Å². The van der Waals surface area contributed by atoms with Gasteiger partial charge in [0.05, 0.1) is 15.7 Å². The molecule has 1 aromatic carbocycles. The van der Waals surface area contributed by atoms with E-state index in [1.165, 1.54) is 15.8 Å². The zero-order valence-electron chi connectivity index (χ0n) is 10.2. The maximum Gasteiger partial charge on any atom is 0.0817 e. The molecule has 0 amide bonds. The highest BCUT2D eigenvalue weighted by atomic mass is 32.1. The molecule has 0 N–H and O–H groups in total. The van der Waals surface area contributed by atoms with Gasteiger partial charge in [0.2, 0.25) is 0 Å². The first-order chi connectivity index (χ1) is 7.18. The Hall–Kier alpha value is -0.890. The van der Waals surface area contributed by atoms with Crippen molar-refractivity contribution in [3.8, 4) is 0 Å². The molecule has 0 spiro atoms. The molecule has 15 heavy (non-hydrogen) atoms. The Kier molecular flexibility index (Phi) is 4.28. The van der Waals surface area contributed by atoms with E-state index in [9.17, 15) is 0 Å². The van der Waals surface area contributed by atoms with Crippen LogP contribution in [-0.4, -0.2) is 4.98 Å². The zero-order valence-corrected chi connectivity index (χ0v) is 11.0. The molecule has 0 bridgehead atoms. The number of hydrogen-bond donors (Lipinski definition) is 0. The highest BCUT2D eigenvalue weighted by molar-refractivity contribution is 7.17. The summed E-state index contributed by atoms with van der Waals surface area (Å²) in [5, 5.41) is 0. The van der Waals surface area contributed by atoms with Gasteiger partial charge in [-0.3, -0.25) is 0 Å². The fourth-order valence-electron chi connectivity index (χ4n) is 1.57. The molecule has 0 radical (unpaired) electrons. The summed E-state index contributed by atoms with van der Waals surface area (Å²) in [7, 11) is 0. The predicted molar refractivity (Wildman–Crippen MR) is 69.8 cm³/mol. The first kappa shape index (κ1) is 12.2. The summed E-state index contributed by atoms with van der Waals surface area (Å²) in [6.07, 6.45) is 0. The molecule has 82 valence electrons. The van der Waals surface area contributed by atoms with E-state index in [-0.39, 0.29) is 0 Å². The third-order valence-corrected chi connectivity index (χ3v) is 3.12. The first-order valence-electron chi connectivity index (χ1n) is 5.52. The van der Waals surface area contributed by atoms with Crippen molar-refractivity contribution in [2.24, 2.45) is 0 Å². The van der Waals surface area contributed by atoms with Gasteiger partial charge in [0, 0.05) is 0 Å². The van der Waals surface area contributed by atoms with Gasteiger partial charge in [-0.1, -0.05) is 33.8 Å². The van der Waals surface area contributed by atoms with Crippen molar-refractivity contribution in [3.05, 3.63) is 28.8 Å². The molecule has 0 saturated carbocycles. The molecular weight excluding hydrogens is 202 g/mol. The van der Waals surface area contributed by atoms with Crippen molar-refractivity contribution in [3.63, 3.8) is 0 Å². The number of hydrogen-bond acceptors (Lipinski definition) is 2. The van der Waals surface area contributed by atoms with E-state index >= 15 is 0 Å². The van der Waals surface area contributed by atoms with E-state index in [0.29, 0.717) is 5.92 Å². The molecule has 1 heterocycles. The molecule has 0 aliphatic heterocycles. The van der Waals surface area contributed by atoms with Crippen LogP contribution < -0.4 is 0 Å². The zero-order chi connectivity index (χ0) is 11.4. The van der Waals surface area contributed by atoms with Crippen molar-refractivity contribution in [1.82, 2.24) is 4.98 Å². The number of aryl methyl sites for hydroxylation is 1. The predicted octanol–water partition coefficient (Wildman–Crippen LogP) is 4.75. The van der Waals surface area contributed by atoms with Crippen LogP contribution in [0, 0.1) is 6.92 Å². The molecule has 1 aromatic heterocycles. The third kappa shape index (κ3) is 2.57. The summed E-state index contributed by atoms with van der Waals surface area (Å²) < 4.78 is 1.35. The fraction of sp³-hybridized carbons (Fsp3) is 0.462. The normalized spacial score (nSPS) is 10.3. The van der Waals surface area contributed by atoms with Gasteiger partial charge in [-0.25, -0.2) is 4.98 Å². The molecule has 0 atom stereocenters. The second-order valence-corrected chi connectivity index (χ2v) is 4.56. The van der Waals surface area contributed by atoms with E-state index in [1.54, 1.807) is 11.3 Å². The SMILES string of the molecule is CC.Cc1cc(C(C)C)c2scnc2c1. The second kappa shape index (κ2) is 5.26. The number of aromatic nitrogens is 1. The van der Waals surface area contributed by atoms with E-state index in [4.69, 9.17) is 0 Å². The Morgan fingerprint density at radius 3 is 2.47 bits per heavy atom. The third-order valence-electron chi connectivity index (χ3n) is 2.23. The first-order valence-corrected chi connectivity index (χ1v) is 6.40. The molecule has 0 saturated heterocycles. The molecule has 0 unspecified atom stereocenters. The highest BCUT2D eigenvalue weighted by Crippen LogP contribution is 2.29. The molecule has 0 aliphatic carbocycles. The van der Waals surface area contributed by atoms with Crippen LogP contribution in [0.2, 0.25) is 0 Å². The average molecular weight is 221 g/mol. The standard InChI is InChI=1S/C11H13NS.C2H6/c1-7(2)9-4-8(3)5-10-11(9)13-6-12-10;1-2/h4-7H,1-3H3;1-2H3. The Balaban J connectivity index is 0.000000531. The Bertz CT molecular complexity index is 429. The summed E-state index contributed by atoms with van der Waals surface area (Å²) in [5.41, 5.74) is 5.81. The Morgan fingerprint density at radius 2 is 1.87 bits per heavy atom. The summed E-state index contributed by atoms with van der Waals surface area (Å²) in [5.74, 6) is 0.586. The van der Waals surface area contributed by atoms with Crippen LogP contribution >= 0.6 is 11.3 Å². The quantitative estimate of drug-likeness (QED) is 0.677. The molecular formula is C13H19NS. The summed E-state index contributed by atoms with van der Waals surface area (Å²) in [6.45, 7) is 10.6. The van der Waals surface area contributed by atoms with Crippen LogP contribution in [0.1, 0.15) is 44.7 Å². The van der Waals surface area contributed by atoms with Gasteiger partial charge in [0.1, 0.15) is 0 Å². The smallest absolute Gasteiger partial charge is 0.0817 e. The molecule has 2 aromatic rings. The van der Waals surface area contributed by atoms with Crippen LogP contribution in [0.3, 0.4) is 0 Å². The number of rotatable bonds is 1. The lowest BCUT2D eigenvalue weighted by atomic mass is 10.0. The number of benzene rings is 1. The van der Waals surface area contributed by atoms with Crippen LogP contribution in [0.5, 0.6) is 0 Å². The molecule has 2 rings (SSSR count). The van der Waals surface area contributed by atoms with Gasteiger partial charge in [0.25, 0.3) is 0 Å². The van der Waals surface area contributed by atoms with Gasteiger partial charge in [-0.05, 0) is 30.0 Å². The molecule has 1 nitrogen and oxygen atoms in total. The minimum Gasteiger partial charge on any atom is -0.245 e. The maximum atomic E-state index is 4.34.